The number of fused-ring (bicyclic) bond motifs is 1. The first kappa shape index (κ1) is 16.8. The summed E-state index contributed by atoms with van der Waals surface area (Å²) >= 11 is 0. The van der Waals surface area contributed by atoms with Crippen molar-refractivity contribution in [2.45, 2.75) is 13.0 Å². The van der Waals surface area contributed by atoms with Gasteiger partial charge >= 0.3 is 0 Å². The van der Waals surface area contributed by atoms with E-state index in [2.05, 4.69) is 29.4 Å². The summed E-state index contributed by atoms with van der Waals surface area (Å²) in [5.41, 5.74) is 9.14. The molecule has 0 saturated heterocycles. The molecule has 0 atom stereocenters. The molecule has 1 aromatic heterocycles. The number of hydrogen-bond acceptors (Lipinski definition) is 3. The molecule has 4 aromatic rings. The molecule has 27 heavy (non-hydrogen) atoms. The van der Waals surface area contributed by atoms with Crippen LogP contribution in [0.4, 0.5) is 10.2 Å². The molecule has 0 saturated carbocycles. The highest BCUT2D eigenvalue weighted by molar-refractivity contribution is 5.85. The Kier molecular flexibility index (Phi) is 4.31. The van der Waals surface area contributed by atoms with Crippen LogP contribution in [0.1, 0.15) is 22.4 Å². The van der Waals surface area contributed by atoms with E-state index in [1.165, 1.54) is 12.1 Å². The molecule has 2 N–H and O–H groups in total. The van der Waals surface area contributed by atoms with Crippen LogP contribution in [-0.4, -0.2) is 9.78 Å². The molecule has 0 aliphatic rings. The van der Waals surface area contributed by atoms with E-state index in [9.17, 15) is 9.65 Å². The van der Waals surface area contributed by atoms with Crippen molar-refractivity contribution in [2.24, 2.45) is 0 Å². The van der Waals surface area contributed by atoms with E-state index in [0.717, 1.165) is 21.9 Å². The Bertz CT molecular complexity index is 1150. The van der Waals surface area contributed by atoms with Gasteiger partial charge in [-0.05, 0) is 34.0 Å². The minimum atomic E-state index is -0.291. The van der Waals surface area contributed by atoms with E-state index in [0.29, 0.717) is 30.0 Å². The van der Waals surface area contributed by atoms with E-state index in [1.54, 1.807) is 16.8 Å². The molecule has 0 spiro atoms. The minimum absolute atomic E-state index is 0.291. The van der Waals surface area contributed by atoms with Crippen LogP contribution in [-0.2, 0) is 13.0 Å². The van der Waals surface area contributed by atoms with Crippen molar-refractivity contribution in [3.05, 3.63) is 94.9 Å². The van der Waals surface area contributed by atoms with Crippen molar-refractivity contribution in [3.8, 4) is 6.07 Å². The summed E-state index contributed by atoms with van der Waals surface area (Å²) in [4.78, 5) is 0. The van der Waals surface area contributed by atoms with Gasteiger partial charge in [-0.15, -0.1) is 0 Å². The summed E-state index contributed by atoms with van der Waals surface area (Å²) in [5.74, 6) is 0.0581. The molecule has 0 unspecified atom stereocenters. The second kappa shape index (κ2) is 6.93. The van der Waals surface area contributed by atoms with Gasteiger partial charge in [0.25, 0.3) is 0 Å². The van der Waals surface area contributed by atoms with Crippen LogP contribution >= 0.6 is 0 Å². The Morgan fingerprint density at radius 1 is 1.00 bits per heavy atom. The monoisotopic (exact) mass is 356 g/mol. The van der Waals surface area contributed by atoms with Gasteiger partial charge in [-0.3, -0.25) is 0 Å². The topological polar surface area (TPSA) is 67.6 Å². The number of nitriles is 1. The van der Waals surface area contributed by atoms with Crippen molar-refractivity contribution in [1.82, 2.24) is 9.78 Å². The van der Waals surface area contributed by atoms with Gasteiger partial charge in [0.15, 0.2) is 0 Å². The molecule has 0 amide bonds. The lowest BCUT2D eigenvalue weighted by Crippen LogP contribution is -2.07. The number of benzene rings is 3. The molecule has 0 aliphatic carbocycles. The fourth-order valence-electron chi connectivity index (χ4n) is 3.28. The van der Waals surface area contributed by atoms with Gasteiger partial charge in [0.05, 0.1) is 12.2 Å². The van der Waals surface area contributed by atoms with Crippen LogP contribution in [0.25, 0.3) is 10.8 Å². The molecule has 4 rings (SSSR count). The molecular formula is C22H17FN4. The first-order valence-corrected chi connectivity index (χ1v) is 8.62. The quantitative estimate of drug-likeness (QED) is 0.594. The summed E-state index contributed by atoms with van der Waals surface area (Å²) < 4.78 is 14.8. The van der Waals surface area contributed by atoms with Gasteiger partial charge < -0.3 is 5.73 Å². The number of halogens is 1. The van der Waals surface area contributed by atoms with Crippen LogP contribution in [0.15, 0.2) is 66.7 Å². The third-order valence-corrected chi connectivity index (χ3v) is 4.66. The van der Waals surface area contributed by atoms with Gasteiger partial charge in [-0.2, -0.15) is 10.4 Å². The van der Waals surface area contributed by atoms with Crippen LogP contribution in [0.3, 0.4) is 0 Å². The second-order valence-electron chi connectivity index (χ2n) is 6.42. The Morgan fingerprint density at radius 2 is 1.74 bits per heavy atom. The highest BCUT2D eigenvalue weighted by Gasteiger charge is 2.16. The summed E-state index contributed by atoms with van der Waals surface area (Å²) in [5, 5.41) is 16.4. The maximum Gasteiger partial charge on any atom is 0.140 e. The maximum absolute atomic E-state index is 13.1. The predicted molar refractivity (Wildman–Crippen MR) is 104 cm³/mol. The summed E-state index contributed by atoms with van der Waals surface area (Å²) in [7, 11) is 0. The summed E-state index contributed by atoms with van der Waals surface area (Å²) in [6.45, 7) is 0.477. The molecule has 0 bridgehead atoms. The molecule has 3 aromatic carbocycles. The normalized spacial score (nSPS) is 10.8. The fraction of sp³-hybridized carbons (Fsp3) is 0.0909. The summed E-state index contributed by atoms with van der Waals surface area (Å²) in [6, 6.07) is 22.6. The third kappa shape index (κ3) is 3.25. The Labute approximate surface area is 156 Å². The number of nitrogens with zero attached hydrogens (tertiary/aromatic N) is 3. The van der Waals surface area contributed by atoms with Gasteiger partial charge in [0.1, 0.15) is 23.3 Å². The SMILES string of the molecule is N#Cc1c(Cc2ccc(F)cc2)nn(Cc2cccc3ccccc23)c1N. The third-order valence-electron chi connectivity index (χ3n) is 4.66. The predicted octanol–water partition coefficient (Wildman–Crippen LogP) is 4.27. The lowest BCUT2D eigenvalue weighted by atomic mass is 10.0. The van der Waals surface area contributed by atoms with E-state index < -0.39 is 0 Å². The van der Waals surface area contributed by atoms with Crippen LogP contribution < -0.4 is 5.73 Å². The first-order chi connectivity index (χ1) is 13.2. The van der Waals surface area contributed by atoms with Crippen molar-refractivity contribution in [3.63, 3.8) is 0 Å². The fourth-order valence-corrected chi connectivity index (χ4v) is 3.28. The number of aromatic nitrogens is 2. The molecule has 0 fully saturated rings. The van der Waals surface area contributed by atoms with Gasteiger partial charge in [-0.25, -0.2) is 9.07 Å². The average molecular weight is 356 g/mol. The first-order valence-electron chi connectivity index (χ1n) is 8.62. The number of hydrogen-bond donors (Lipinski definition) is 1. The largest absolute Gasteiger partial charge is 0.383 e. The van der Waals surface area contributed by atoms with E-state index in [1.807, 2.05) is 24.3 Å². The molecule has 132 valence electrons. The average Bonchev–Trinajstić information content (AvgIpc) is 2.98. The van der Waals surface area contributed by atoms with Gasteiger partial charge in [0, 0.05) is 6.42 Å². The summed E-state index contributed by atoms with van der Waals surface area (Å²) in [6.07, 6.45) is 0.426. The van der Waals surface area contributed by atoms with Gasteiger partial charge in [-0.1, -0.05) is 54.6 Å². The molecular weight excluding hydrogens is 339 g/mol. The Morgan fingerprint density at radius 3 is 2.52 bits per heavy atom. The smallest absolute Gasteiger partial charge is 0.140 e. The molecule has 1 heterocycles. The molecule has 0 aliphatic heterocycles. The van der Waals surface area contributed by atoms with Crippen LogP contribution in [0, 0.1) is 17.1 Å². The van der Waals surface area contributed by atoms with Crippen molar-refractivity contribution in [1.29, 1.82) is 5.26 Å². The molecule has 4 nitrogen and oxygen atoms in total. The lowest BCUT2D eigenvalue weighted by molar-refractivity contribution is 0.627. The number of anilines is 1. The van der Waals surface area contributed by atoms with Crippen LogP contribution in [0.5, 0.6) is 0 Å². The zero-order chi connectivity index (χ0) is 18.8. The Balaban J connectivity index is 1.70. The van der Waals surface area contributed by atoms with Crippen molar-refractivity contribution < 1.29 is 4.39 Å². The number of nitrogen functional groups attached to an aromatic ring is 1. The minimum Gasteiger partial charge on any atom is -0.383 e. The zero-order valence-corrected chi connectivity index (χ0v) is 14.6. The highest BCUT2D eigenvalue weighted by Crippen LogP contribution is 2.23. The standard InChI is InChI=1S/C22H17FN4/c23-18-10-8-15(9-11-18)12-21-20(13-24)22(25)27(26-21)14-17-6-3-5-16-4-1-2-7-19(16)17/h1-11H,12,14,25H2. The Hall–Kier alpha value is -3.65. The van der Waals surface area contributed by atoms with Crippen molar-refractivity contribution in [2.75, 3.05) is 5.73 Å². The van der Waals surface area contributed by atoms with E-state index in [-0.39, 0.29) is 5.82 Å². The highest BCUT2D eigenvalue weighted by atomic mass is 19.1. The van der Waals surface area contributed by atoms with Crippen LogP contribution in [0.2, 0.25) is 0 Å². The van der Waals surface area contributed by atoms with Crippen molar-refractivity contribution >= 4 is 16.6 Å². The van der Waals surface area contributed by atoms with E-state index >= 15 is 0 Å². The number of nitrogens with two attached hydrogens (primary N) is 1. The van der Waals surface area contributed by atoms with E-state index in [4.69, 9.17) is 5.73 Å². The maximum atomic E-state index is 13.1. The lowest BCUT2D eigenvalue weighted by Gasteiger charge is -2.08. The molecule has 5 heteroatoms. The molecule has 0 radical (unpaired) electrons. The second-order valence-corrected chi connectivity index (χ2v) is 6.42. The zero-order valence-electron chi connectivity index (χ0n) is 14.6. The van der Waals surface area contributed by atoms with Gasteiger partial charge in [0.2, 0.25) is 0 Å². The number of rotatable bonds is 4.